The summed E-state index contributed by atoms with van der Waals surface area (Å²) in [5.74, 6) is 0. The first-order valence-electron chi connectivity index (χ1n) is 7.91. The normalized spacial score (nSPS) is 28.9. The number of hydrogen-bond donors (Lipinski definition) is 2. The van der Waals surface area contributed by atoms with Gasteiger partial charge in [-0.2, -0.15) is 5.26 Å². The van der Waals surface area contributed by atoms with E-state index >= 15 is 0 Å². The summed E-state index contributed by atoms with van der Waals surface area (Å²) in [7, 11) is 2.28. The molecular weight excluding hydrogens is 260 g/mol. The maximum atomic E-state index is 8.86. The van der Waals surface area contributed by atoms with Gasteiger partial charge in [-0.25, -0.2) is 0 Å². The van der Waals surface area contributed by atoms with E-state index < -0.39 is 0 Å². The molecule has 2 aliphatic rings. The minimum atomic E-state index is 0.375. The molecule has 4 nitrogen and oxygen atoms in total. The van der Waals surface area contributed by atoms with Gasteiger partial charge in [-0.15, -0.1) is 0 Å². The lowest BCUT2D eigenvalue weighted by atomic mass is 9.82. The molecule has 0 aromatic heterocycles. The van der Waals surface area contributed by atoms with Gasteiger partial charge in [0.05, 0.1) is 12.5 Å². The molecule has 3 N–H and O–H groups in total. The third kappa shape index (κ3) is 2.98. The van der Waals surface area contributed by atoms with Crippen molar-refractivity contribution in [2.75, 3.05) is 18.1 Å². The Bertz CT molecular complexity index is 534. The number of nitrogens with zero attached hydrogens (tertiary/aromatic N) is 2. The molecule has 2 bridgehead atoms. The molecule has 1 aromatic rings. The Morgan fingerprint density at radius 3 is 2.71 bits per heavy atom. The van der Waals surface area contributed by atoms with Gasteiger partial charge in [0.2, 0.25) is 0 Å². The summed E-state index contributed by atoms with van der Waals surface area (Å²) in [5.41, 5.74) is 8.65. The molecule has 112 valence electrons. The summed E-state index contributed by atoms with van der Waals surface area (Å²) in [6, 6.07) is 10.1. The molecule has 2 atom stereocenters. The van der Waals surface area contributed by atoms with Crippen LogP contribution in [0.4, 0.5) is 11.4 Å². The Balaban J connectivity index is 1.70. The van der Waals surface area contributed by atoms with Gasteiger partial charge in [0.25, 0.3) is 0 Å². The highest BCUT2D eigenvalue weighted by atomic mass is 15.2. The Kier molecular flexibility index (Phi) is 4.03. The zero-order valence-electron chi connectivity index (χ0n) is 12.7. The fraction of sp³-hybridized carbons (Fsp3) is 0.588. The van der Waals surface area contributed by atoms with E-state index in [9.17, 15) is 0 Å². The van der Waals surface area contributed by atoms with Crippen molar-refractivity contribution in [3.05, 3.63) is 23.8 Å². The van der Waals surface area contributed by atoms with Crippen molar-refractivity contribution in [2.24, 2.45) is 0 Å². The lowest BCUT2D eigenvalue weighted by Crippen LogP contribution is -2.52. The molecule has 0 radical (unpaired) electrons. The summed E-state index contributed by atoms with van der Waals surface area (Å²) in [4.78, 5) is 2.58. The average Bonchev–Trinajstić information content (AvgIpc) is 2.44. The van der Waals surface area contributed by atoms with E-state index in [1.54, 1.807) is 0 Å². The van der Waals surface area contributed by atoms with E-state index in [0.29, 0.717) is 18.2 Å². The van der Waals surface area contributed by atoms with E-state index in [-0.39, 0.29) is 0 Å². The van der Waals surface area contributed by atoms with Gasteiger partial charge in [-0.1, -0.05) is 6.42 Å². The van der Waals surface area contributed by atoms with Crippen LogP contribution in [0.15, 0.2) is 18.2 Å². The SMILES string of the molecule is CN1C2CCCC1CC(Nc1ccc(N)c(CC#N)c1)C2. The first-order valence-corrected chi connectivity index (χ1v) is 7.91. The topological polar surface area (TPSA) is 65.1 Å². The van der Waals surface area contributed by atoms with Gasteiger partial charge in [-0.05, 0) is 56.5 Å². The van der Waals surface area contributed by atoms with Gasteiger partial charge in [0, 0.05) is 29.5 Å². The summed E-state index contributed by atoms with van der Waals surface area (Å²) >= 11 is 0. The van der Waals surface area contributed by atoms with E-state index in [0.717, 1.165) is 23.3 Å². The molecule has 21 heavy (non-hydrogen) atoms. The third-order valence-corrected chi connectivity index (χ3v) is 5.12. The Morgan fingerprint density at radius 1 is 1.33 bits per heavy atom. The first kappa shape index (κ1) is 14.2. The Morgan fingerprint density at radius 2 is 2.05 bits per heavy atom. The number of nitrogen functional groups attached to an aromatic ring is 1. The maximum Gasteiger partial charge on any atom is 0.0670 e. The number of benzene rings is 1. The van der Waals surface area contributed by atoms with Gasteiger partial charge < -0.3 is 16.0 Å². The first-order chi connectivity index (χ1) is 10.2. The molecular formula is C17H24N4. The van der Waals surface area contributed by atoms with Gasteiger partial charge in [0.1, 0.15) is 0 Å². The average molecular weight is 284 g/mol. The van der Waals surface area contributed by atoms with Crippen LogP contribution in [0.3, 0.4) is 0 Å². The molecule has 0 amide bonds. The minimum absolute atomic E-state index is 0.375. The molecule has 3 rings (SSSR count). The van der Waals surface area contributed by atoms with Crippen molar-refractivity contribution < 1.29 is 0 Å². The third-order valence-electron chi connectivity index (χ3n) is 5.12. The van der Waals surface area contributed by atoms with Gasteiger partial charge >= 0.3 is 0 Å². The predicted molar refractivity (Wildman–Crippen MR) is 86.0 cm³/mol. The van der Waals surface area contributed by atoms with Crippen LogP contribution in [0.1, 0.15) is 37.7 Å². The number of hydrogen-bond acceptors (Lipinski definition) is 4. The van der Waals surface area contributed by atoms with Crippen LogP contribution in [0, 0.1) is 11.3 Å². The number of anilines is 2. The van der Waals surface area contributed by atoms with Crippen LogP contribution < -0.4 is 11.1 Å². The van der Waals surface area contributed by atoms with Crippen LogP contribution >= 0.6 is 0 Å². The molecule has 2 fully saturated rings. The zero-order valence-corrected chi connectivity index (χ0v) is 12.7. The summed E-state index contributed by atoms with van der Waals surface area (Å²) in [5, 5.41) is 12.5. The van der Waals surface area contributed by atoms with Crippen LogP contribution in [0.5, 0.6) is 0 Å². The lowest BCUT2D eigenvalue weighted by Gasteiger charge is -2.47. The monoisotopic (exact) mass is 284 g/mol. The Hall–Kier alpha value is -1.73. The lowest BCUT2D eigenvalue weighted by molar-refractivity contribution is 0.0608. The number of nitrogens with one attached hydrogen (secondary N) is 1. The van der Waals surface area contributed by atoms with Crippen molar-refractivity contribution in [3.63, 3.8) is 0 Å². The van der Waals surface area contributed by atoms with Crippen molar-refractivity contribution >= 4 is 11.4 Å². The van der Waals surface area contributed by atoms with Gasteiger partial charge in [-0.3, -0.25) is 0 Å². The Labute approximate surface area is 126 Å². The van der Waals surface area contributed by atoms with Crippen molar-refractivity contribution in [3.8, 4) is 6.07 Å². The number of rotatable bonds is 3. The predicted octanol–water partition coefficient (Wildman–Crippen LogP) is 2.76. The smallest absolute Gasteiger partial charge is 0.0670 e. The molecule has 2 heterocycles. The van der Waals surface area contributed by atoms with E-state index in [1.807, 2.05) is 18.2 Å². The highest BCUT2D eigenvalue weighted by Gasteiger charge is 2.35. The molecule has 0 aliphatic carbocycles. The van der Waals surface area contributed by atoms with Crippen LogP contribution in [0.2, 0.25) is 0 Å². The number of fused-ring (bicyclic) bond motifs is 2. The number of nitriles is 1. The quantitative estimate of drug-likeness (QED) is 0.838. The highest BCUT2D eigenvalue weighted by molar-refractivity contribution is 5.58. The van der Waals surface area contributed by atoms with Crippen molar-refractivity contribution in [1.82, 2.24) is 4.90 Å². The fourth-order valence-corrected chi connectivity index (χ4v) is 3.90. The van der Waals surface area contributed by atoms with Crippen molar-refractivity contribution in [1.29, 1.82) is 5.26 Å². The molecule has 0 spiro atoms. The molecule has 2 unspecified atom stereocenters. The fourth-order valence-electron chi connectivity index (χ4n) is 3.90. The van der Waals surface area contributed by atoms with Crippen LogP contribution in [-0.2, 0) is 6.42 Å². The summed E-state index contributed by atoms with van der Waals surface area (Å²) in [6.45, 7) is 0. The standard InChI is InChI=1S/C17H24N4/c1-21-15-3-2-4-16(21)11-14(10-15)20-13-5-6-17(19)12(9-13)7-8-18/h5-6,9,14-16,20H,2-4,7,10-11,19H2,1H3. The maximum absolute atomic E-state index is 8.86. The second kappa shape index (κ2) is 5.95. The zero-order chi connectivity index (χ0) is 14.8. The van der Waals surface area contributed by atoms with E-state index in [2.05, 4.69) is 23.3 Å². The summed E-state index contributed by atoms with van der Waals surface area (Å²) < 4.78 is 0. The van der Waals surface area contributed by atoms with Crippen molar-refractivity contribution in [2.45, 2.75) is 56.7 Å². The largest absolute Gasteiger partial charge is 0.398 e. The molecule has 1 aromatic carbocycles. The van der Waals surface area contributed by atoms with Crippen LogP contribution in [0.25, 0.3) is 0 Å². The van der Waals surface area contributed by atoms with E-state index in [1.165, 1.54) is 32.1 Å². The summed E-state index contributed by atoms with van der Waals surface area (Å²) in [6.07, 6.45) is 6.83. The molecule has 2 saturated heterocycles. The van der Waals surface area contributed by atoms with Gasteiger partial charge in [0.15, 0.2) is 0 Å². The molecule has 0 saturated carbocycles. The molecule has 2 aliphatic heterocycles. The van der Waals surface area contributed by atoms with Crippen LogP contribution in [-0.4, -0.2) is 30.1 Å². The van der Waals surface area contributed by atoms with E-state index in [4.69, 9.17) is 11.0 Å². The second-order valence-electron chi connectivity index (χ2n) is 6.47. The number of piperidine rings is 2. The minimum Gasteiger partial charge on any atom is -0.398 e. The number of nitrogens with two attached hydrogens (primary N) is 1. The molecule has 4 heteroatoms. The second-order valence-corrected chi connectivity index (χ2v) is 6.47. The highest BCUT2D eigenvalue weighted by Crippen LogP contribution is 2.34.